The molecular formula is C14H17BrN2O3. The van der Waals surface area contributed by atoms with Crippen molar-refractivity contribution in [2.75, 3.05) is 5.32 Å². The Morgan fingerprint density at radius 3 is 2.70 bits per heavy atom. The first-order valence-electron chi connectivity index (χ1n) is 6.61. The van der Waals surface area contributed by atoms with Crippen molar-refractivity contribution in [1.82, 2.24) is 5.32 Å². The summed E-state index contributed by atoms with van der Waals surface area (Å²) in [5, 5.41) is 14.6. The molecule has 2 rings (SSSR count). The smallest absolute Gasteiger partial charge is 0.319 e. The third-order valence-corrected chi connectivity index (χ3v) is 4.17. The van der Waals surface area contributed by atoms with E-state index in [0.717, 1.165) is 17.3 Å². The summed E-state index contributed by atoms with van der Waals surface area (Å²) in [4.78, 5) is 22.9. The van der Waals surface area contributed by atoms with Crippen LogP contribution in [0.5, 0.6) is 0 Å². The molecule has 1 aromatic carbocycles. The number of carbonyl (C=O) groups is 2. The number of hydrogen-bond donors (Lipinski definition) is 3. The maximum Gasteiger partial charge on any atom is 0.319 e. The zero-order valence-electron chi connectivity index (χ0n) is 10.9. The van der Waals surface area contributed by atoms with Crippen molar-refractivity contribution in [2.24, 2.45) is 5.92 Å². The van der Waals surface area contributed by atoms with E-state index in [0.29, 0.717) is 18.5 Å². The molecule has 2 atom stereocenters. The van der Waals surface area contributed by atoms with Gasteiger partial charge in [0.25, 0.3) is 0 Å². The van der Waals surface area contributed by atoms with Crippen LogP contribution in [0.3, 0.4) is 0 Å². The molecule has 0 heterocycles. The minimum Gasteiger partial charge on any atom is -0.481 e. The highest BCUT2D eigenvalue weighted by Crippen LogP contribution is 2.25. The second-order valence-electron chi connectivity index (χ2n) is 4.98. The minimum absolute atomic E-state index is 0.0765. The predicted octanol–water partition coefficient (Wildman–Crippen LogP) is 3.21. The molecular weight excluding hydrogens is 324 g/mol. The Morgan fingerprint density at radius 1 is 1.25 bits per heavy atom. The number of rotatable bonds is 3. The Morgan fingerprint density at radius 2 is 2.00 bits per heavy atom. The SMILES string of the molecule is O=C(Nc1ccccc1Br)NC1CCCC(C(=O)O)C1. The van der Waals surface area contributed by atoms with Crippen LogP contribution in [0.15, 0.2) is 28.7 Å². The number of halogens is 1. The standard InChI is InChI=1S/C14H17BrN2O3/c15-11-6-1-2-7-12(11)17-14(20)16-10-5-3-4-9(8-10)13(18)19/h1-2,6-7,9-10H,3-5,8H2,(H,18,19)(H2,16,17,20). The van der Waals surface area contributed by atoms with Gasteiger partial charge in [0.15, 0.2) is 0 Å². The first-order chi connectivity index (χ1) is 9.56. The molecule has 1 aliphatic rings. The number of nitrogens with one attached hydrogen (secondary N) is 2. The molecule has 3 N–H and O–H groups in total. The number of hydrogen-bond acceptors (Lipinski definition) is 2. The first kappa shape index (κ1) is 14.8. The van der Waals surface area contributed by atoms with Crippen LogP contribution in [0.2, 0.25) is 0 Å². The summed E-state index contributed by atoms with van der Waals surface area (Å²) >= 11 is 3.36. The molecule has 20 heavy (non-hydrogen) atoms. The average Bonchev–Trinajstić information content (AvgIpc) is 2.41. The molecule has 0 radical (unpaired) electrons. The van der Waals surface area contributed by atoms with E-state index in [1.165, 1.54) is 0 Å². The van der Waals surface area contributed by atoms with Crippen molar-refractivity contribution in [3.63, 3.8) is 0 Å². The van der Waals surface area contributed by atoms with Crippen LogP contribution < -0.4 is 10.6 Å². The van der Waals surface area contributed by atoms with Crippen LogP contribution in [0, 0.1) is 5.92 Å². The highest BCUT2D eigenvalue weighted by Gasteiger charge is 2.27. The van der Waals surface area contributed by atoms with Gasteiger partial charge in [-0.25, -0.2) is 4.79 Å². The zero-order chi connectivity index (χ0) is 14.5. The largest absolute Gasteiger partial charge is 0.481 e. The monoisotopic (exact) mass is 340 g/mol. The third-order valence-electron chi connectivity index (χ3n) is 3.48. The third kappa shape index (κ3) is 3.96. The summed E-state index contributed by atoms with van der Waals surface area (Å²) in [6, 6.07) is 6.97. The molecule has 1 aliphatic carbocycles. The highest BCUT2D eigenvalue weighted by molar-refractivity contribution is 9.10. The molecule has 0 aliphatic heterocycles. The van der Waals surface area contributed by atoms with Crippen LogP contribution >= 0.6 is 15.9 Å². The fourth-order valence-corrected chi connectivity index (χ4v) is 2.84. The predicted molar refractivity (Wildman–Crippen MR) is 79.7 cm³/mol. The summed E-state index contributed by atoms with van der Waals surface area (Å²) < 4.78 is 0.808. The van der Waals surface area contributed by atoms with Crippen LogP contribution in [0.1, 0.15) is 25.7 Å². The Bertz CT molecular complexity index is 507. The number of carbonyl (C=O) groups excluding carboxylic acids is 1. The lowest BCUT2D eigenvalue weighted by atomic mass is 9.86. The van der Waals surface area contributed by atoms with Gasteiger partial charge in [-0.05, 0) is 47.3 Å². The topological polar surface area (TPSA) is 78.4 Å². The minimum atomic E-state index is -0.775. The van der Waals surface area contributed by atoms with Gasteiger partial charge in [-0.1, -0.05) is 18.6 Å². The lowest BCUT2D eigenvalue weighted by Crippen LogP contribution is -2.42. The molecule has 108 valence electrons. The summed E-state index contributed by atoms with van der Waals surface area (Å²) in [5.74, 6) is -1.12. The van der Waals surface area contributed by atoms with Gasteiger partial charge >= 0.3 is 12.0 Å². The van der Waals surface area contributed by atoms with Gasteiger partial charge in [-0.3, -0.25) is 4.79 Å². The molecule has 0 bridgehead atoms. The fraction of sp³-hybridized carbons (Fsp3) is 0.429. The maximum atomic E-state index is 11.9. The van der Waals surface area contributed by atoms with Crippen molar-refractivity contribution in [3.05, 3.63) is 28.7 Å². The molecule has 0 saturated heterocycles. The molecule has 5 nitrogen and oxygen atoms in total. The van der Waals surface area contributed by atoms with Gasteiger partial charge in [-0.15, -0.1) is 0 Å². The van der Waals surface area contributed by atoms with Crippen LogP contribution in [-0.2, 0) is 4.79 Å². The Hall–Kier alpha value is -1.56. The van der Waals surface area contributed by atoms with Gasteiger partial charge < -0.3 is 15.7 Å². The molecule has 2 unspecified atom stereocenters. The van der Waals surface area contributed by atoms with Crippen LogP contribution in [0.4, 0.5) is 10.5 Å². The van der Waals surface area contributed by atoms with E-state index in [-0.39, 0.29) is 18.0 Å². The van der Waals surface area contributed by atoms with Crippen molar-refractivity contribution >= 4 is 33.6 Å². The van der Waals surface area contributed by atoms with E-state index in [1.54, 1.807) is 6.07 Å². The Labute approximate surface area is 125 Å². The lowest BCUT2D eigenvalue weighted by molar-refractivity contribution is -0.143. The summed E-state index contributed by atoms with van der Waals surface area (Å²) in [7, 11) is 0. The summed E-state index contributed by atoms with van der Waals surface area (Å²) in [6.07, 6.45) is 2.85. The molecule has 1 fully saturated rings. The molecule has 0 spiro atoms. The van der Waals surface area contributed by atoms with E-state index >= 15 is 0 Å². The number of anilines is 1. The van der Waals surface area contributed by atoms with E-state index in [2.05, 4.69) is 26.6 Å². The lowest BCUT2D eigenvalue weighted by Gasteiger charge is -2.27. The number of para-hydroxylation sites is 1. The molecule has 6 heteroatoms. The van der Waals surface area contributed by atoms with E-state index in [9.17, 15) is 9.59 Å². The van der Waals surface area contributed by atoms with Gasteiger partial charge in [0.05, 0.1) is 11.6 Å². The fourth-order valence-electron chi connectivity index (χ4n) is 2.45. The van der Waals surface area contributed by atoms with Crippen LogP contribution in [-0.4, -0.2) is 23.1 Å². The van der Waals surface area contributed by atoms with E-state index in [4.69, 9.17) is 5.11 Å². The van der Waals surface area contributed by atoms with Gasteiger partial charge in [0.2, 0.25) is 0 Å². The first-order valence-corrected chi connectivity index (χ1v) is 7.40. The van der Waals surface area contributed by atoms with Gasteiger partial charge in [-0.2, -0.15) is 0 Å². The summed E-state index contributed by atoms with van der Waals surface area (Å²) in [6.45, 7) is 0. The zero-order valence-corrected chi connectivity index (χ0v) is 12.5. The second-order valence-corrected chi connectivity index (χ2v) is 5.83. The Kier molecular flexibility index (Phi) is 5.00. The normalized spacial score (nSPS) is 22.1. The number of carboxylic acid groups (broad SMARTS) is 1. The molecule has 2 amide bonds. The average molecular weight is 341 g/mol. The Balaban J connectivity index is 1.88. The molecule has 1 saturated carbocycles. The number of benzene rings is 1. The number of amides is 2. The van der Waals surface area contributed by atoms with E-state index < -0.39 is 5.97 Å². The number of urea groups is 1. The summed E-state index contributed by atoms with van der Waals surface area (Å²) in [5.41, 5.74) is 0.690. The molecule has 0 aromatic heterocycles. The van der Waals surface area contributed by atoms with Gasteiger partial charge in [0, 0.05) is 10.5 Å². The molecule has 1 aromatic rings. The van der Waals surface area contributed by atoms with Crippen molar-refractivity contribution in [3.8, 4) is 0 Å². The number of carboxylic acids is 1. The maximum absolute atomic E-state index is 11.9. The van der Waals surface area contributed by atoms with E-state index in [1.807, 2.05) is 18.2 Å². The highest BCUT2D eigenvalue weighted by atomic mass is 79.9. The van der Waals surface area contributed by atoms with Crippen molar-refractivity contribution < 1.29 is 14.7 Å². The number of aliphatic carboxylic acids is 1. The van der Waals surface area contributed by atoms with Crippen LogP contribution in [0.25, 0.3) is 0 Å². The quantitative estimate of drug-likeness (QED) is 0.790. The second kappa shape index (κ2) is 6.74. The van der Waals surface area contributed by atoms with Crippen molar-refractivity contribution in [2.45, 2.75) is 31.7 Å². The van der Waals surface area contributed by atoms with Crippen molar-refractivity contribution in [1.29, 1.82) is 0 Å². The van der Waals surface area contributed by atoms with Gasteiger partial charge in [0.1, 0.15) is 0 Å².